The molecule has 78 valence electrons. The predicted molar refractivity (Wildman–Crippen MR) is 50.9 cm³/mol. The van der Waals surface area contributed by atoms with Gasteiger partial charge in [0, 0.05) is 0 Å². The van der Waals surface area contributed by atoms with E-state index in [-0.39, 0.29) is 0 Å². The highest BCUT2D eigenvalue weighted by Gasteiger charge is 2.29. The van der Waals surface area contributed by atoms with E-state index in [2.05, 4.69) is 0 Å². The van der Waals surface area contributed by atoms with Gasteiger partial charge in [-0.25, -0.2) is 4.79 Å². The van der Waals surface area contributed by atoms with E-state index in [9.17, 15) is 9.59 Å². The first kappa shape index (κ1) is 15.6. The standard InChI is InChI=1S/C3H5ClO2.C2HCl3O2/c1-2(4)3(5)6;3-2(4,5)1(6)7/h2H,1H3,(H,5,6);(H,6,7). The Labute approximate surface area is 94.3 Å². The molecule has 0 rings (SSSR count). The fourth-order valence-electron chi connectivity index (χ4n) is 0. The third-order valence-electron chi connectivity index (χ3n) is 0.583. The molecule has 0 heterocycles. The Morgan fingerprint density at radius 2 is 1.38 bits per heavy atom. The summed E-state index contributed by atoms with van der Waals surface area (Å²) < 4.78 is -2.17. The van der Waals surface area contributed by atoms with Crippen LogP contribution in [0.3, 0.4) is 0 Å². The first-order chi connectivity index (χ1) is 5.59. The monoisotopic (exact) mass is 270 g/mol. The van der Waals surface area contributed by atoms with Gasteiger partial charge in [-0.05, 0) is 6.92 Å². The quantitative estimate of drug-likeness (QED) is 0.717. The zero-order valence-corrected chi connectivity index (χ0v) is 9.32. The molecule has 0 saturated heterocycles. The summed E-state index contributed by atoms with van der Waals surface area (Å²) >= 11 is 19.4. The minimum absolute atomic E-state index is 0.759. The maximum atomic E-state index is 9.62. The van der Waals surface area contributed by atoms with Crippen LogP contribution in [0.25, 0.3) is 0 Å². The number of hydrogen-bond donors (Lipinski definition) is 2. The van der Waals surface area contributed by atoms with Gasteiger partial charge in [-0.1, -0.05) is 34.8 Å². The fraction of sp³-hybridized carbons (Fsp3) is 0.600. The molecule has 0 aliphatic rings. The minimum Gasteiger partial charge on any atom is -0.480 e. The fourth-order valence-corrected chi connectivity index (χ4v) is 0. The lowest BCUT2D eigenvalue weighted by Crippen LogP contribution is -2.16. The van der Waals surface area contributed by atoms with Crippen LogP contribution in [0, 0.1) is 0 Å². The average Bonchev–Trinajstić information content (AvgIpc) is 1.86. The molecule has 0 aromatic heterocycles. The van der Waals surface area contributed by atoms with Crippen LogP contribution in [0.4, 0.5) is 0 Å². The van der Waals surface area contributed by atoms with Gasteiger partial charge in [0.05, 0.1) is 0 Å². The number of carboxylic acid groups (broad SMARTS) is 2. The lowest BCUT2D eigenvalue weighted by Gasteiger charge is -1.99. The molecule has 0 aromatic rings. The molecule has 8 heteroatoms. The molecule has 0 aliphatic heterocycles. The van der Waals surface area contributed by atoms with Crippen LogP contribution >= 0.6 is 46.4 Å². The van der Waals surface area contributed by atoms with Crippen LogP contribution in [0.5, 0.6) is 0 Å². The normalized spacial score (nSPS) is 12.4. The second kappa shape index (κ2) is 6.54. The van der Waals surface area contributed by atoms with E-state index in [0.717, 1.165) is 0 Å². The van der Waals surface area contributed by atoms with Gasteiger partial charge in [0.15, 0.2) is 0 Å². The highest BCUT2D eigenvalue weighted by Crippen LogP contribution is 2.25. The number of hydrogen-bond acceptors (Lipinski definition) is 2. The third kappa shape index (κ3) is 12.1. The smallest absolute Gasteiger partial charge is 0.356 e. The molecule has 0 saturated carbocycles. The van der Waals surface area contributed by atoms with Crippen molar-refractivity contribution in [3.8, 4) is 0 Å². The topological polar surface area (TPSA) is 74.6 Å². The highest BCUT2D eigenvalue weighted by molar-refractivity contribution is 6.75. The van der Waals surface area contributed by atoms with E-state index in [4.69, 9.17) is 56.6 Å². The molecule has 0 radical (unpaired) electrons. The lowest BCUT2D eigenvalue weighted by atomic mass is 10.5. The first-order valence-corrected chi connectivity index (χ1v) is 4.33. The second-order valence-corrected chi connectivity index (χ2v) is 4.69. The molecule has 0 aromatic carbocycles. The molecule has 13 heavy (non-hydrogen) atoms. The first-order valence-electron chi connectivity index (χ1n) is 2.76. The van der Waals surface area contributed by atoms with E-state index >= 15 is 0 Å². The SMILES string of the molecule is CC(Cl)C(=O)O.O=C(O)C(Cl)(Cl)Cl. The van der Waals surface area contributed by atoms with Crippen molar-refractivity contribution in [2.75, 3.05) is 0 Å². The Balaban J connectivity index is 0. The van der Waals surface area contributed by atoms with Crippen LogP contribution in [0.2, 0.25) is 0 Å². The van der Waals surface area contributed by atoms with Crippen molar-refractivity contribution >= 4 is 58.3 Å². The van der Waals surface area contributed by atoms with Crippen LogP contribution in [-0.2, 0) is 9.59 Å². The van der Waals surface area contributed by atoms with Gasteiger partial charge < -0.3 is 10.2 Å². The number of halogens is 4. The Hall–Kier alpha value is 0.1000. The molecule has 0 aliphatic carbocycles. The van der Waals surface area contributed by atoms with Crippen molar-refractivity contribution in [3.63, 3.8) is 0 Å². The maximum Gasteiger partial charge on any atom is 0.356 e. The van der Waals surface area contributed by atoms with E-state index in [1.165, 1.54) is 6.92 Å². The number of aliphatic carboxylic acids is 2. The highest BCUT2D eigenvalue weighted by atomic mass is 35.6. The summed E-state index contributed by atoms with van der Waals surface area (Å²) in [6.45, 7) is 1.41. The van der Waals surface area contributed by atoms with Crippen molar-refractivity contribution < 1.29 is 19.8 Å². The number of carboxylic acids is 2. The summed E-state index contributed by atoms with van der Waals surface area (Å²) in [4.78, 5) is 19.2. The van der Waals surface area contributed by atoms with Crippen LogP contribution in [0.1, 0.15) is 6.92 Å². The Morgan fingerprint density at radius 1 is 1.23 bits per heavy atom. The van der Waals surface area contributed by atoms with Crippen molar-refractivity contribution in [3.05, 3.63) is 0 Å². The number of carbonyl (C=O) groups is 2. The minimum atomic E-state index is -2.17. The molecule has 1 atom stereocenters. The van der Waals surface area contributed by atoms with E-state index in [0.29, 0.717) is 0 Å². The maximum absolute atomic E-state index is 9.62. The van der Waals surface area contributed by atoms with Crippen molar-refractivity contribution in [2.24, 2.45) is 0 Å². The predicted octanol–water partition coefficient (Wildman–Crippen LogP) is 2.14. The van der Waals surface area contributed by atoms with Gasteiger partial charge in [-0.3, -0.25) is 4.79 Å². The van der Waals surface area contributed by atoms with Crippen molar-refractivity contribution in [1.82, 2.24) is 0 Å². The molecule has 4 nitrogen and oxygen atoms in total. The summed E-state index contributed by atoms with van der Waals surface area (Å²) in [6, 6.07) is 0. The largest absolute Gasteiger partial charge is 0.480 e. The van der Waals surface area contributed by atoms with E-state index < -0.39 is 21.1 Å². The molecule has 0 spiro atoms. The van der Waals surface area contributed by atoms with Gasteiger partial charge in [-0.2, -0.15) is 0 Å². The lowest BCUT2D eigenvalue weighted by molar-refractivity contribution is -0.137. The van der Waals surface area contributed by atoms with Gasteiger partial charge in [0.1, 0.15) is 5.38 Å². The summed E-state index contributed by atoms with van der Waals surface area (Å²) in [5.41, 5.74) is 0. The zero-order chi connectivity index (χ0) is 11.2. The summed E-state index contributed by atoms with van der Waals surface area (Å²) in [6.07, 6.45) is 0. The molecule has 0 amide bonds. The van der Waals surface area contributed by atoms with Crippen molar-refractivity contribution in [2.45, 2.75) is 16.1 Å². The van der Waals surface area contributed by atoms with E-state index in [1.807, 2.05) is 0 Å². The Kier molecular flexibility index (Phi) is 7.83. The molecule has 2 N–H and O–H groups in total. The van der Waals surface area contributed by atoms with Gasteiger partial charge >= 0.3 is 11.9 Å². The van der Waals surface area contributed by atoms with Crippen LogP contribution < -0.4 is 0 Å². The van der Waals surface area contributed by atoms with Crippen LogP contribution in [-0.4, -0.2) is 31.3 Å². The summed E-state index contributed by atoms with van der Waals surface area (Å²) in [5, 5.41) is 15.0. The number of rotatable bonds is 1. The molecule has 0 fully saturated rings. The summed E-state index contributed by atoms with van der Waals surface area (Å²) in [7, 11) is 0. The Morgan fingerprint density at radius 3 is 1.38 bits per heavy atom. The van der Waals surface area contributed by atoms with Gasteiger partial charge in [0.25, 0.3) is 3.79 Å². The Bertz CT molecular complexity index is 185. The molecule has 0 bridgehead atoms. The van der Waals surface area contributed by atoms with E-state index in [1.54, 1.807) is 0 Å². The van der Waals surface area contributed by atoms with Gasteiger partial charge in [0.2, 0.25) is 0 Å². The van der Waals surface area contributed by atoms with Crippen molar-refractivity contribution in [1.29, 1.82) is 0 Å². The number of alkyl halides is 4. The van der Waals surface area contributed by atoms with Gasteiger partial charge in [-0.15, -0.1) is 11.6 Å². The molecule has 1 unspecified atom stereocenters. The third-order valence-corrected chi connectivity index (χ3v) is 1.25. The average molecular weight is 272 g/mol. The second-order valence-electron chi connectivity index (χ2n) is 1.76. The molecular formula is C5H6Cl4O4. The summed E-state index contributed by atoms with van der Waals surface area (Å²) in [5.74, 6) is -2.44. The van der Waals surface area contributed by atoms with Crippen LogP contribution in [0.15, 0.2) is 0 Å². The zero-order valence-electron chi connectivity index (χ0n) is 6.30. The molecular weight excluding hydrogens is 266 g/mol.